The summed E-state index contributed by atoms with van der Waals surface area (Å²) in [5, 5.41) is 2.74. The summed E-state index contributed by atoms with van der Waals surface area (Å²) in [6.07, 6.45) is 0. The highest BCUT2D eigenvalue weighted by Gasteiger charge is 1.91. The Hall–Kier alpha value is -1.32. The van der Waals surface area contributed by atoms with Gasteiger partial charge < -0.3 is 5.32 Å². The van der Waals surface area contributed by atoms with Crippen LogP contribution in [0.4, 0.5) is 5.95 Å². The van der Waals surface area contributed by atoms with Gasteiger partial charge in [-0.2, -0.15) is 0 Å². The molecule has 0 radical (unpaired) electrons. The van der Waals surface area contributed by atoms with Crippen LogP contribution in [0.5, 0.6) is 0 Å². The van der Waals surface area contributed by atoms with Crippen molar-refractivity contribution in [2.75, 3.05) is 12.4 Å². The van der Waals surface area contributed by atoms with E-state index in [1.54, 1.807) is 14.0 Å². The van der Waals surface area contributed by atoms with E-state index in [1.165, 1.54) is 6.07 Å². The lowest BCUT2D eigenvalue weighted by Gasteiger charge is -1.97. The number of hydrogen-bond donors (Lipinski definition) is 2. The molecule has 0 spiro atoms. The van der Waals surface area contributed by atoms with E-state index in [4.69, 9.17) is 0 Å². The molecule has 1 heterocycles. The molecule has 0 aromatic carbocycles. The van der Waals surface area contributed by atoms with Gasteiger partial charge >= 0.3 is 0 Å². The van der Waals surface area contributed by atoms with Crippen LogP contribution in [0.2, 0.25) is 0 Å². The number of aromatic nitrogens is 2. The summed E-state index contributed by atoms with van der Waals surface area (Å²) in [5.74, 6) is 0.505. The molecule has 0 bridgehead atoms. The van der Waals surface area contributed by atoms with E-state index in [0.717, 1.165) is 0 Å². The van der Waals surface area contributed by atoms with Crippen LogP contribution in [-0.4, -0.2) is 17.0 Å². The largest absolute Gasteiger partial charge is 0.359 e. The SMILES string of the molecule is CNc1nc(C)cc(=O)[nH]1. The summed E-state index contributed by atoms with van der Waals surface area (Å²) in [6.45, 7) is 1.77. The first-order chi connectivity index (χ1) is 4.72. The monoisotopic (exact) mass is 139 g/mol. The van der Waals surface area contributed by atoms with Crippen molar-refractivity contribution in [2.24, 2.45) is 0 Å². The van der Waals surface area contributed by atoms with Gasteiger partial charge in [-0.15, -0.1) is 0 Å². The maximum absolute atomic E-state index is 10.7. The third-order valence-corrected chi connectivity index (χ3v) is 1.11. The zero-order valence-corrected chi connectivity index (χ0v) is 5.93. The minimum atomic E-state index is -0.128. The van der Waals surface area contributed by atoms with Gasteiger partial charge in [0.25, 0.3) is 5.56 Å². The first-order valence-corrected chi connectivity index (χ1v) is 2.98. The molecule has 4 nitrogen and oxygen atoms in total. The van der Waals surface area contributed by atoms with Gasteiger partial charge in [0.2, 0.25) is 5.95 Å². The van der Waals surface area contributed by atoms with Crippen LogP contribution in [0.25, 0.3) is 0 Å². The zero-order chi connectivity index (χ0) is 7.56. The van der Waals surface area contributed by atoms with Crippen molar-refractivity contribution in [3.05, 3.63) is 22.1 Å². The second-order valence-electron chi connectivity index (χ2n) is 1.99. The number of aryl methyl sites for hydroxylation is 1. The van der Waals surface area contributed by atoms with Crippen LogP contribution in [0.15, 0.2) is 10.9 Å². The molecule has 0 aliphatic carbocycles. The second-order valence-corrected chi connectivity index (χ2v) is 1.99. The highest BCUT2D eigenvalue weighted by Crippen LogP contribution is 1.91. The van der Waals surface area contributed by atoms with E-state index in [-0.39, 0.29) is 5.56 Å². The fourth-order valence-electron chi connectivity index (χ4n) is 0.697. The Morgan fingerprint density at radius 3 is 2.90 bits per heavy atom. The quantitative estimate of drug-likeness (QED) is 0.581. The van der Waals surface area contributed by atoms with Crippen molar-refractivity contribution in [3.8, 4) is 0 Å². The molecule has 0 aliphatic heterocycles. The van der Waals surface area contributed by atoms with Crippen molar-refractivity contribution < 1.29 is 0 Å². The van der Waals surface area contributed by atoms with Gasteiger partial charge in [-0.25, -0.2) is 4.98 Å². The minimum absolute atomic E-state index is 0.128. The summed E-state index contributed by atoms with van der Waals surface area (Å²) in [5.41, 5.74) is 0.588. The van der Waals surface area contributed by atoms with Crippen molar-refractivity contribution in [1.29, 1.82) is 0 Å². The Bertz CT molecular complexity index is 279. The molecule has 1 aromatic rings. The fraction of sp³-hybridized carbons (Fsp3) is 0.333. The molecule has 54 valence electrons. The lowest BCUT2D eigenvalue weighted by molar-refractivity contribution is 1.06. The number of nitrogens with one attached hydrogen (secondary N) is 2. The molecule has 10 heavy (non-hydrogen) atoms. The molecule has 0 aliphatic rings. The number of anilines is 1. The topological polar surface area (TPSA) is 57.8 Å². The summed E-state index contributed by atoms with van der Waals surface area (Å²) in [7, 11) is 1.71. The Morgan fingerprint density at radius 1 is 1.70 bits per heavy atom. The fourth-order valence-corrected chi connectivity index (χ4v) is 0.697. The summed E-state index contributed by atoms with van der Waals surface area (Å²) >= 11 is 0. The van der Waals surface area contributed by atoms with Crippen LogP contribution < -0.4 is 10.9 Å². The van der Waals surface area contributed by atoms with Gasteiger partial charge in [0.15, 0.2) is 0 Å². The molecule has 0 amide bonds. The number of aromatic amines is 1. The molecule has 0 saturated heterocycles. The third kappa shape index (κ3) is 1.34. The summed E-state index contributed by atoms with van der Waals surface area (Å²) < 4.78 is 0. The highest BCUT2D eigenvalue weighted by molar-refractivity contribution is 5.22. The van der Waals surface area contributed by atoms with Gasteiger partial charge in [-0.05, 0) is 6.92 Å². The maximum atomic E-state index is 10.7. The maximum Gasteiger partial charge on any atom is 0.252 e. The number of nitrogens with zero attached hydrogens (tertiary/aromatic N) is 1. The molecule has 1 rings (SSSR count). The molecular weight excluding hydrogens is 130 g/mol. The van der Waals surface area contributed by atoms with Gasteiger partial charge in [0.05, 0.1) is 0 Å². The van der Waals surface area contributed by atoms with Crippen LogP contribution in [-0.2, 0) is 0 Å². The van der Waals surface area contributed by atoms with Crippen molar-refractivity contribution in [2.45, 2.75) is 6.92 Å². The Morgan fingerprint density at radius 2 is 2.40 bits per heavy atom. The Balaban J connectivity index is 3.19. The lowest BCUT2D eigenvalue weighted by Crippen LogP contribution is -2.10. The number of H-pyrrole nitrogens is 1. The average molecular weight is 139 g/mol. The van der Waals surface area contributed by atoms with Crippen molar-refractivity contribution in [3.63, 3.8) is 0 Å². The van der Waals surface area contributed by atoms with Crippen LogP contribution in [0.3, 0.4) is 0 Å². The van der Waals surface area contributed by atoms with Crippen LogP contribution >= 0.6 is 0 Å². The highest BCUT2D eigenvalue weighted by atomic mass is 16.1. The predicted octanol–water partition coefficient (Wildman–Crippen LogP) is 0.120. The first kappa shape index (κ1) is 6.80. The number of hydrogen-bond acceptors (Lipinski definition) is 3. The van der Waals surface area contributed by atoms with Gasteiger partial charge in [-0.3, -0.25) is 9.78 Å². The Kier molecular flexibility index (Phi) is 1.71. The molecule has 2 N–H and O–H groups in total. The average Bonchev–Trinajstić information content (AvgIpc) is 1.85. The van der Waals surface area contributed by atoms with E-state index >= 15 is 0 Å². The Labute approximate surface area is 58.3 Å². The molecule has 1 aromatic heterocycles. The summed E-state index contributed by atoms with van der Waals surface area (Å²) in [6, 6.07) is 1.45. The molecular formula is C6H9N3O. The van der Waals surface area contributed by atoms with E-state index in [0.29, 0.717) is 11.6 Å². The van der Waals surface area contributed by atoms with Crippen molar-refractivity contribution in [1.82, 2.24) is 9.97 Å². The standard InChI is InChI=1S/C6H9N3O/c1-4-3-5(10)9-6(7-2)8-4/h3H,1-2H3,(H2,7,8,9,10). The van der Waals surface area contributed by atoms with Crippen LogP contribution in [0, 0.1) is 6.92 Å². The lowest BCUT2D eigenvalue weighted by atomic mass is 10.4. The second kappa shape index (κ2) is 2.51. The van der Waals surface area contributed by atoms with E-state index in [9.17, 15) is 4.79 Å². The predicted molar refractivity (Wildman–Crippen MR) is 39.1 cm³/mol. The zero-order valence-electron chi connectivity index (χ0n) is 5.93. The van der Waals surface area contributed by atoms with Gasteiger partial charge in [0, 0.05) is 18.8 Å². The smallest absolute Gasteiger partial charge is 0.252 e. The van der Waals surface area contributed by atoms with E-state index < -0.39 is 0 Å². The van der Waals surface area contributed by atoms with Gasteiger partial charge in [-0.1, -0.05) is 0 Å². The first-order valence-electron chi connectivity index (χ1n) is 2.98. The molecule has 0 fully saturated rings. The number of rotatable bonds is 1. The minimum Gasteiger partial charge on any atom is -0.359 e. The third-order valence-electron chi connectivity index (χ3n) is 1.11. The normalized spacial score (nSPS) is 9.40. The molecule has 0 unspecified atom stereocenters. The molecule has 0 atom stereocenters. The molecule has 4 heteroatoms. The van der Waals surface area contributed by atoms with Crippen molar-refractivity contribution >= 4 is 5.95 Å². The van der Waals surface area contributed by atoms with Crippen LogP contribution in [0.1, 0.15) is 5.69 Å². The van der Waals surface area contributed by atoms with E-state index in [1.807, 2.05) is 0 Å². The van der Waals surface area contributed by atoms with Gasteiger partial charge in [0.1, 0.15) is 0 Å². The summed E-state index contributed by atoms with van der Waals surface area (Å²) in [4.78, 5) is 17.2. The van der Waals surface area contributed by atoms with E-state index in [2.05, 4.69) is 15.3 Å². The molecule has 0 saturated carbocycles.